The van der Waals surface area contributed by atoms with E-state index in [1.165, 1.54) is 6.42 Å². The lowest BCUT2D eigenvalue weighted by Gasteiger charge is -2.40. The van der Waals surface area contributed by atoms with Crippen LogP contribution in [-0.2, 0) is 4.79 Å². The van der Waals surface area contributed by atoms with Gasteiger partial charge >= 0.3 is 0 Å². The number of amides is 1. The van der Waals surface area contributed by atoms with E-state index in [-0.39, 0.29) is 11.3 Å². The van der Waals surface area contributed by atoms with Crippen molar-refractivity contribution >= 4 is 5.91 Å². The van der Waals surface area contributed by atoms with Crippen molar-refractivity contribution in [3.63, 3.8) is 0 Å². The number of likely N-dealkylation sites (tertiary alicyclic amines) is 1. The average Bonchev–Trinajstić information content (AvgIpc) is 2.25. The lowest BCUT2D eigenvalue weighted by atomic mass is 9.83. The van der Waals surface area contributed by atoms with Gasteiger partial charge in [0.05, 0.1) is 5.41 Å². The molecule has 1 amide bonds. The number of hydrogen-bond donors (Lipinski definition) is 1. The minimum atomic E-state index is -0.364. The van der Waals surface area contributed by atoms with Gasteiger partial charge in [-0.25, -0.2) is 0 Å². The molecule has 0 aliphatic carbocycles. The summed E-state index contributed by atoms with van der Waals surface area (Å²) in [5.41, 5.74) is 5.38. The van der Waals surface area contributed by atoms with Gasteiger partial charge in [0.1, 0.15) is 0 Å². The molecule has 0 bridgehead atoms. The SMILES string of the molecule is CCC(C)(CN)C(=O)N1CC(C)CC(C)C1. The molecule has 0 aromatic rings. The van der Waals surface area contributed by atoms with Gasteiger partial charge in [0.25, 0.3) is 0 Å². The highest BCUT2D eigenvalue weighted by Gasteiger charge is 2.36. The van der Waals surface area contributed by atoms with Gasteiger partial charge in [-0.1, -0.05) is 20.8 Å². The molecule has 0 saturated carbocycles. The van der Waals surface area contributed by atoms with Crippen molar-refractivity contribution in [1.29, 1.82) is 0 Å². The second kappa shape index (κ2) is 5.17. The second-order valence-electron chi connectivity index (χ2n) is 5.77. The maximum Gasteiger partial charge on any atom is 0.229 e. The third-order valence-corrected chi connectivity index (χ3v) is 3.90. The maximum atomic E-state index is 12.4. The van der Waals surface area contributed by atoms with Gasteiger partial charge in [-0.15, -0.1) is 0 Å². The molecule has 3 nitrogen and oxygen atoms in total. The fraction of sp³-hybridized carbons (Fsp3) is 0.923. The Bertz CT molecular complexity index is 238. The summed E-state index contributed by atoms with van der Waals surface area (Å²) in [7, 11) is 0. The number of nitrogens with zero attached hydrogens (tertiary/aromatic N) is 1. The van der Waals surface area contributed by atoms with Crippen molar-refractivity contribution in [3.05, 3.63) is 0 Å². The van der Waals surface area contributed by atoms with E-state index in [0.29, 0.717) is 18.4 Å². The molecule has 3 heteroatoms. The van der Waals surface area contributed by atoms with E-state index >= 15 is 0 Å². The Morgan fingerprint density at radius 2 is 1.88 bits per heavy atom. The average molecular weight is 226 g/mol. The zero-order valence-corrected chi connectivity index (χ0v) is 11.1. The number of piperidine rings is 1. The van der Waals surface area contributed by atoms with E-state index in [0.717, 1.165) is 19.5 Å². The number of hydrogen-bond acceptors (Lipinski definition) is 2. The number of rotatable bonds is 3. The van der Waals surface area contributed by atoms with E-state index in [1.807, 2.05) is 18.7 Å². The highest BCUT2D eigenvalue weighted by molar-refractivity contribution is 5.82. The van der Waals surface area contributed by atoms with Crippen LogP contribution in [-0.4, -0.2) is 30.4 Å². The van der Waals surface area contributed by atoms with Gasteiger partial charge in [-0.2, -0.15) is 0 Å². The van der Waals surface area contributed by atoms with Crippen molar-refractivity contribution < 1.29 is 4.79 Å². The molecular weight excluding hydrogens is 200 g/mol. The third-order valence-electron chi connectivity index (χ3n) is 3.90. The zero-order valence-electron chi connectivity index (χ0n) is 11.1. The molecule has 3 unspecified atom stereocenters. The minimum Gasteiger partial charge on any atom is -0.342 e. The van der Waals surface area contributed by atoms with E-state index in [9.17, 15) is 4.79 Å². The van der Waals surface area contributed by atoms with Gasteiger partial charge in [0.2, 0.25) is 5.91 Å². The molecule has 1 heterocycles. The minimum absolute atomic E-state index is 0.246. The fourth-order valence-electron chi connectivity index (χ4n) is 2.59. The van der Waals surface area contributed by atoms with E-state index in [4.69, 9.17) is 5.73 Å². The summed E-state index contributed by atoms with van der Waals surface area (Å²) in [6.45, 7) is 10.7. The number of carbonyl (C=O) groups excluding carboxylic acids is 1. The Hall–Kier alpha value is -0.570. The maximum absolute atomic E-state index is 12.4. The van der Waals surface area contributed by atoms with Crippen molar-refractivity contribution in [3.8, 4) is 0 Å². The predicted molar refractivity (Wildman–Crippen MR) is 67.0 cm³/mol. The first-order valence-corrected chi connectivity index (χ1v) is 6.42. The first-order valence-electron chi connectivity index (χ1n) is 6.42. The van der Waals surface area contributed by atoms with Crippen LogP contribution in [0.2, 0.25) is 0 Å². The topological polar surface area (TPSA) is 46.3 Å². The molecule has 0 spiro atoms. The van der Waals surface area contributed by atoms with Crippen LogP contribution < -0.4 is 5.73 Å². The normalized spacial score (nSPS) is 29.9. The molecule has 1 fully saturated rings. The van der Waals surface area contributed by atoms with E-state index in [2.05, 4.69) is 13.8 Å². The van der Waals surface area contributed by atoms with Crippen LogP contribution in [0.3, 0.4) is 0 Å². The van der Waals surface area contributed by atoms with Crippen LogP contribution in [0.5, 0.6) is 0 Å². The lowest BCUT2D eigenvalue weighted by molar-refractivity contribution is -0.143. The Labute approximate surface area is 99.4 Å². The molecule has 0 radical (unpaired) electrons. The van der Waals surface area contributed by atoms with Crippen molar-refractivity contribution in [2.45, 2.75) is 40.5 Å². The predicted octanol–water partition coefficient (Wildman–Crippen LogP) is 1.87. The van der Waals surface area contributed by atoms with Gasteiger partial charge in [0, 0.05) is 19.6 Å². The molecule has 0 aromatic carbocycles. The number of carbonyl (C=O) groups is 1. The number of nitrogens with two attached hydrogens (primary N) is 1. The molecule has 94 valence electrons. The Morgan fingerprint density at radius 3 is 2.25 bits per heavy atom. The van der Waals surface area contributed by atoms with Gasteiger partial charge in [-0.05, 0) is 31.6 Å². The highest BCUT2D eigenvalue weighted by Crippen LogP contribution is 2.28. The molecule has 2 N–H and O–H groups in total. The van der Waals surface area contributed by atoms with Gasteiger partial charge in [0.15, 0.2) is 0 Å². The summed E-state index contributed by atoms with van der Waals surface area (Å²) < 4.78 is 0. The van der Waals surface area contributed by atoms with Crippen molar-refractivity contribution in [2.75, 3.05) is 19.6 Å². The molecule has 16 heavy (non-hydrogen) atoms. The molecular formula is C13H26N2O. The van der Waals surface area contributed by atoms with Crippen LogP contribution in [0.25, 0.3) is 0 Å². The summed E-state index contributed by atoms with van der Waals surface area (Å²) in [6.07, 6.45) is 2.05. The van der Waals surface area contributed by atoms with Crippen LogP contribution in [0.15, 0.2) is 0 Å². The first-order chi connectivity index (χ1) is 7.42. The van der Waals surface area contributed by atoms with Gasteiger partial charge in [-0.3, -0.25) is 4.79 Å². The van der Waals surface area contributed by atoms with Gasteiger partial charge < -0.3 is 10.6 Å². The summed E-state index contributed by atoms with van der Waals surface area (Å²) >= 11 is 0. The summed E-state index contributed by atoms with van der Waals surface area (Å²) in [5, 5.41) is 0. The van der Waals surface area contributed by atoms with Crippen LogP contribution in [0.1, 0.15) is 40.5 Å². The summed E-state index contributed by atoms with van der Waals surface area (Å²) in [4.78, 5) is 14.4. The fourth-order valence-corrected chi connectivity index (χ4v) is 2.59. The molecule has 1 rings (SSSR count). The molecule has 1 aliphatic heterocycles. The lowest BCUT2D eigenvalue weighted by Crippen LogP contribution is -2.51. The van der Waals surface area contributed by atoms with Crippen LogP contribution in [0.4, 0.5) is 0 Å². The Kier molecular flexibility index (Phi) is 4.36. The smallest absolute Gasteiger partial charge is 0.229 e. The standard InChI is InChI=1S/C13H26N2O/c1-5-13(4,9-14)12(16)15-7-10(2)6-11(3)8-15/h10-11H,5-9,14H2,1-4H3. The zero-order chi connectivity index (χ0) is 12.3. The molecule has 3 atom stereocenters. The third kappa shape index (κ3) is 2.76. The van der Waals surface area contributed by atoms with E-state index in [1.54, 1.807) is 0 Å². The summed E-state index contributed by atoms with van der Waals surface area (Å²) in [5.74, 6) is 1.48. The molecule has 1 aliphatic rings. The van der Waals surface area contributed by atoms with Crippen LogP contribution in [0, 0.1) is 17.3 Å². The largest absolute Gasteiger partial charge is 0.342 e. The Balaban J connectivity index is 2.73. The molecule has 1 saturated heterocycles. The van der Waals surface area contributed by atoms with Crippen molar-refractivity contribution in [1.82, 2.24) is 4.90 Å². The molecule has 0 aromatic heterocycles. The summed E-state index contributed by atoms with van der Waals surface area (Å²) in [6, 6.07) is 0. The second-order valence-corrected chi connectivity index (χ2v) is 5.77. The van der Waals surface area contributed by atoms with E-state index < -0.39 is 0 Å². The quantitative estimate of drug-likeness (QED) is 0.798. The van der Waals surface area contributed by atoms with Crippen LogP contribution >= 0.6 is 0 Å². The van der Waals surface area contributed by atoms with Crippen molar-refractivity contribution in [2.24, 2.45) is 23.0 Å². The monoisotopic (exact) mass is 226 g/mol. The highest BCUT2D eigenvalue weighted by atomic mass is 16.2. The first kappa shape index (κ1) is 13.5. The Morgan fingerprint density at radius 1 is 1.38 bits per heavy atom.